The zero-order valence-corrected chi connectivity index (χ0v) is 13.9. The van der Waals surface area contributed by atoms with Gasteiger partial charge in [-0.15, -0.1) is 0 Å². The van der Waals surface area contributed by atoms with Crippen LogP contribution < -0.4 is 11.1 Å². The van der Waals surface area contributed by atoms with Gasteiger partial charge in [-0.25, -0.2) is 4.98 Å². The topological polar surface area (TPSA) is 77.0 Å². The third-order valence-corrected chi connectivity index (χ3v) is 3.87. The van der Waals surface area contributed by atoms with Gasteiger partial charge in [0.2, 0.25) is 0 Å². The molecule has 0 unspecified atom stereocenters. The highest BCUT2D eigenvalue weighted by atomic mass is 35.5. The Bertz CT molecular complexity index is 814. The van der Waals surface area contributed by atoms with Crippen LogP contribution in [0.1, 0.15) is 23.8 Å². The Balaban J connectivity index is 1.96. The standard InChI is InChI=1S/C17H19ClN4O/c1-10(19)7-14-11(2)16-17(23-14)13(8-15(18)22-16)21-9-12-3-5-20-6-4-12/h3-6,8,10H,7,9,19H2,1-2H3,(H,21,22)/t10-/m0/s1. The number of aromatic nitrogens is 2. The summed E-state index contributed by atoms with van der Waals surface area (Å²) < 4.78 is 6.01. The van der Waals surface area contributed by atoms with Gasteiger partial charge in [0.15, 0.2) is 5.58 Å². The molecule has 3 aromatic rings. The van der Waals surface area contributed by atoms with Crippen LogP contribution in [0.15, 0.2) is 35.0 Å². The summed E-state index contributed by atoms with van der Waals surface area (Å²) >= 11 is 6.17. The SMILES string of the molecule is Cc1c(C[C@H](C)N)oc2c(NCc3ccncc3)cc(Cl)nc12. The number of anilines is 1. The van der Waals surface area contributed by atoms with Crippen molar-refractivity contribution in [3.8, 4) is 0 Å². The first-order valence-electron chi connectivity index (χ1n) is 7.51. The zero-order valence-electron chi connectivity index (χ0n) is 13.1. The molecule has 3 N–H and O–H groups in total. The molecule has 3 aromatic heterocycles. The number of halogens is 1. The lowest BCUT2D eigenvalue weighted by molar-refractivity contribution is 0.522. The average molecular weight is 331 g/mol. The number of nitrogens with two attached hydrogens (primary N) is 1. The summed E-state index contributed by atoms with van der Waals surface area (Å²) in [6.07, 6.45) is 4.21. The van der Waals surface area contributed by atoms with Crippen LogP contribution in [0, 0.1) is 6.92 Å². The van der Waals surface area contributed by atoms with Crippen LogP contribution in [-0.2, 0) is 13.0 Å². The van der Waals surface area contributed by atoms with E-state index in [4.69, 9.17) is 21.8 Å². The molecule has 0 aliphatic carbocycles. The molecule has 3 heterocycles. The van der Waals surface area contributed by atoms with Crippen molar-refractivity contribution in [2.45, 2.75) is 32.9 Å². The van der Waals surface area contributed by atoms with Crippen molar-refractivity contribution in [3.63, 3.8) is 0 Å². The van der Waals surface area contributed by atoms with Crippen molar-refractivity contribution in [1.29, 1.82) is 0 Å². The lowest BCUT2D eigenvalue weighted by Crippen LogP contribution is -2.17. The molecule has 6 heteroatoms. The highest BCUT2D eigenvalue weighted by molar-refractivity contribution is 6.30. The molecule has 0 aliphatic rings. The third kappa shape index (κ3) is 3.46. The summed E-state index contributed by atoms with van der Waals surface area (Å²) in [5.74, 6) is 0.858. The van der Waals surface area contributed by atoms with Gasteiger partial charge in [-0.2, -0.15) is 0 Å². The van der Waals surface area contributed by atoms with E-state index < -0.39 is 0 Å². The second-order valence-corrected chi connectivity index (χ2v) is 6.10. The van der Waals surface area contributed by atoms with Crippen molar-refractivity contribution in [2.24, 2.45) is 5.73 Å². The molecule has 5 nitrogen and oxygen atoms in total. The fraction of sp³-hybridized carbons (Fsp3) is 0.294. The van der Waals surface area contributed by atoms with Gasteiger partial charge in [0.1, 0.15) is 16.4 Å². The van der Waals surface area contributed by atoms with E-state index in [2.05, 4.69) is 15.3 Å². The first kappa shape index (κ1) is 15.8. The second kappa shape index (κ2) is 6.56. The molecule has 0 fully saturated rings. The van der Waals surface area contributed by atoms with E-state index in [1.165, 1.54) is 0 Å². The molecule has 0 saturated carbocycles. The first-order chi connectivity index (χ1) is 11.0. The van der Waals surface area contributed by atoms with Gasteiger partial charge >= 0.3 is 0 Å². The molecule has 1 atom stereocenters. The Hall–Kier alpha value is -2.11. The number of nitrogens with one attached hydrogen (secondary N) is 1. The molecule has 3 rings (SSSR count). The summed E-state index contributed by atoms with van der Waals surface area (Å²) in [4.78, 5) is 8.42. The monoisotopic (exact) mass is 330 g/mol. The third-order valence-electron chi connectivity index (χ3n) is 3.68. The van der Waals surface area contributed by atoms with E-state index >= 15 is 0 Å². The number of furan rings is 1. The Morgan fingerprint density at radius 3 is 2.78 bits per heavy atom. The van der Waals surface area contributed by atoms with Crippen LogP contribution in [0.2, 0.25) is 5.15 Å². The minimum absolute atomic E-state index is 0.0259. The molecule has 0 radical (unpaired) electrons. The van der Waals surface area contributed by atoms with Gasteiger partial charge in [-0.3, -0.25) is 4.98 Å². The van der Waals surface area contributed by atoms with Gasteiger partial charge in [0, 0.05) is 43.0 Å². The quantitative estimate of drug-likeness (QED) is 0.698. The Labute approximate surface area is 139 Å². The lowest BCUT2D eigenvalue weighted by atomic mass is 10.1. The van der Waals surface area contributed by atoms with E-state index in [0.29, 0.717) is 18.1 Å². The maximum atomic E-state index is 6.17. The minimum atomic E-state index is 0.0259. The number of hydrogen-bond acceptors (Lipinski definition) is 5. The van der Waals surface area contributed by atoms with Crippen LogP contribution in [-0.4, -0.2) is 16.0 Å². The van der Waals surface area contributed by atoms with Crippen LogP contribution in [0.5, 0.6) is 0 Å². The van der Waals surface area contributed by atoms with Crippen LogP contribution in [0.4, 0.5) is 5.69 Å². The number of rotatable bonds is 5. The Kier molecular flexibility index (Phi) is 4.50. The Morgan fingerprint density at radius 2 is 2.09 bits per heavy atom. The molecule has 0 amide bonds. The van der Waals surface area contributed by atoms with Crippen molar-refractivity contribution in [3.05, 3.63) is 52.6 Å². The molecule has 23 heavy (non-hydrogen) atoms. The molecule has 120 valence electrons. The summed E-state index contributed by atoms with van der Waals surface area (Å²) in [5.41, 5.74) is 10.3. The van der Waals surface area contributed by atoms with E-state index in [-0.39, 0.29) is 6.04 Å². The summed E-state index contributed by atoms with van der Waals surface area (Å²) in [5, 5.41) is 3.80. The number of aryl methyl sites for hydroxylation is 1. The molecule has 0 bridgehead atoms. The highest BCUT2D eigenvalue weighted by Gasteiger charge is 2.17. The number of fused-ring (bicyclic) bond motifs is 1. The van der Waals surface area contributed by atoms with Gasteiger partial charge in [0.25, 0.3) is 0 Å². The fourth-order valence-corrected chi connectivity index (χ4v) is 2.70. The van der Waals surface area contributed by atoms with Gasteiger partial charge in [-0.1, -0.05) is 11.6 Å². The highest BCUT2D eigenvalue weighted by Crippen LogP contribution is 2.32. The second-order valence-electron chi connectivity index (χ2n) is 5.71. The molecular formula is C17H19ClN4O. The zero-order chi connectivity index (χ0) is 16.4. The molecule has 0 saturated heterocycles. The van der Waals surface area contributed by atoms with Crippen molar-refractivity contribution in [2.75, 3.05) is 5.32 Å². The van der Waals surface area contributed by atoms with E-state index in [9.17, 15) is 0 Å². The molecule has 0 aliphatic heterocycles. The molecular weight excluding hydrogens is 312 g/mol. The maximum Gasteiger partial charge on any atom is 0.176 e. The fourth-order valence-electron chi connectivity index (χ4n) is 2.51. The van der Waals surface area contributed by atoms with Crippen molar-refractivity contribution in [1.82, 2.24) is 9.97 Å². The van der Waals surface area contributed by atoms with Crippen LogP contribution >= 0.6 is 11.6 Å². The van der Waals surface area contributed by atoms with Crippen LogP contribution in [0.3, 0.4) is 0 Å². The maximum absolute atomic E-state index is 6.17. The van der Waals surface area contributed by atoms with Gasteiger partial charge in [0.05, 0.1) is 5.69 Å². The number of pyridine rings is 2. The number of hydrogen-bond donors (Lipinski definition) is 2. The normalized spacial score (nSPS) is 12.5. The van der Waals surface area contributed by atoms with Crippen molar-refractivity contribution >= 4 is 28.4 Å². The average Bonchev–Trinajstić information content (AvgIpc) is 2.82. The van der Waals surface area contributed by atoms with Gasteiger partial charge in [-0.05, 0) is 31.5 Å². The Morgan fingerprint density at radius 1 is 1.35 bits per heavy atom. The predicted molar refractivity (Wildman–Crippen MR) is 92.7 cm³/mol. The van der Waals surface area contributed by atoms with E-state index in [0.717, 1.165) is 33.7 Å². The summed E-state index contributed by atoms with van der Waals surface area (Å²) in [7, 11) is 0. The summed E-state index contributed by atoms with van der Waals surface area (Å²) in [6.45, 7) is 4.59. The first-order valence-corrected chi connectivity index (χ1v) is 7.89. The van der Waals surface area contributed by atoms with E-state index in [1.807, 2.05) is 26.0 Å². The largest absolute Gasteiger partial charge is 0.457 e. The summed E-state index contributed by atoms with van der Waals surface area (Å²) in [6, 6.07) is 5.73. The number of nitrogens with zero attached hydrogens (tertiary/aromatic N) is 2. The predicted octanol–water partition coefficient (Wildman–Crippen LogP) is 3.69. The smallest absolute Gasteiger partial charge is 0.176 e. The van der Waals surface area contributed by atoms with Crippen LogP contribution in [0.25, 0.3) is 11.1 Å². The van der Waals surface area contributed by atoms with Crippen molar-refractivity contribution < 1.29 is 4.42 Å². The lowest BCUT2D eigenvalue weighted by Gasteiger charge is -2.07. The molecule has 0 aromatic carbocycles. The molecule has 0 spiro atoms. The minimum Gasteiger partial charge on any atom is -0.457 e. The van der Waals surface area contributed by atoms with E-state index in [1.54, 1.807) is 18.5 Å². The van der Waals surface area contributed by atoms with Gasteiger partial charge < -0.3 is 15.5 Å².